The molecule has 1 fully saturated rings. The SMILES string of the molecule is COC(=O)c1sc(N2C(=O)C(=O)/C(=C(/O)c3nc4c(C)cccn4c3C)C2c2ccc(Br)cc2)nc1C. The first-order chi connectivity index (χ1) is 17.6. The molecule has 0 radical (unpaired) electrons. The summed E-state index contributed by atoms with van der Waals surface area (Å²) in [6, 6.07) is 9.84. The van der Waals surface area contributed by atoms with Gasteiger partial charge in [0.05, 0.1) is 30.1 Å². The number of imidazole rings is 1. The van der Waals surface area contributed by atoms with E-state index in [0.717, 1.165) is 21.4 Å². The van der Waals surface area contributed by atoms with E-state index in [2.05, 4.69) is 25.9 Å². The third kappa shape index (κ3) is 3.94. The van der Waals surface area contributed by atoms with Gasteiger partial charge in [0.2, 0.25) is 0 Å². The normalized spacial score (nSPS) is 17.1. The van der Waals surface area contributed by atoms with E-state index in [9.17, 15) is 19.5 Å². The van der Waals surface area contributed by atoms with E-state index in [0.29, 0.717) is 22.6 Å². The van der Waals surface area contributed by atoms with E-state index in [4.69, 9.17) is 4.74 Å². The minimum absolute atomic E-state index is 0.107. The van der Waals surface area contributed by atoms with E-state index in [-0.39, 0.29) is 27.0 Å². The second-order valence-electron chi connectivity index (χ2n) is 8.55. The Morgan fingerprint density at radius 3 is 2.46 bits per heavy atom. The zero-order valence-corrected chi connectivity index (χ0v) is 22.7. The van der Waals surface area contributed by atoms with Gasteiger partial charge in [-0.05, 0) is 50.1 Å². The molecule has 37 heavy (non-hydrogen) atoms. The molecule has 1 aromatic carbocycles. The maximum Gasteiger partial charge on any atom is 0.350 e. The van der Waals surface area contributed by atoms with Gasteiger partial charge in [-0.25, -0.2) is 14.8 Å². The van der Waals surface area contributed by atoms with Crippen LogP contribution in [-0.2, 0) is 14.3 Å². The second-order valence-corrected chi connectivity index (χ2v) is 10.4. The summed E-state index contributed by atoms with van der Waals surface area (Å²) >= 11 is 4.36. The molecule has 1 aliphatic heterocycles. The van der Waals surface area contributed by atoms with Crippen molar-refractivity contribution in [2.24, 2.45) is 0 Å². The Bertz CT molecular complexity index is 1640. The molecule has 1 saturated heterocycles. The molecule has 1 atom stereocenters. The van der Waals surface area contributed by atoms with Crippen LogP contribution < -0.4 is 4.90 Å². The highest BCUT2D eigenvalue weighted by atomic mass is 79.9. The van der Waals surface area contributed by atoms with Crippen molar-refractivity contribution in [3.05, 3.63) is 85.7 Å². The highest BCUT2D eigenvalue weighted by molar-refractivity contribution is 9.10. The van der Waals surface area contributed by atoms with Crippen LogP contribution in [0.1, 0.15) is 43.9 Å². The predicted octanol–water partition coefficient (Wildman–Crippen LogP) is 4.89. The molecule has 1 aliphatic rings. The van der Waals surface area contributed by atoms with Crippen LogP contribution in [0.5, 0.6) is 0 Å². The summed E-state index contributed by atoms with van der Waals surface area (Å²) in [4.78, 5) is 49.6. The standard InChI is InChI=1S/C26H21BrN4O5S/c1-12-6-5-11-30-14(3)18(29-23(12)30)20(32)17-19(15-7-9-16(27)10-8-15)31(24(34)21(17)33)26-28-13(2)22(37-26)25(35)36-4/h5-11,19,32H,1-4H3/b20-17+. The van der Waals surface area contributed by atoms with Gasteiger partial charge in [-0.15, -0.1) is 0 Å². The molecule has 188 valence electrons. The second kappa shape index (κ2) is 9.24. The van der Waals surface area contributed by atoms with Gasteiger partial charge in [-0.3, -0.25) is 14.5 Å². The average Bonchev–Trinajstić information content (AvgIpc) is 3.51. The van der Waals surface area contributed by atoms with Gasteiger partial charge < -0.3 is 14.2 Å². The fourth-order valence-electron chi connectivity index (χ4n) is 4.43. The minimum atomic E-state index is -0.991. The highest BCUT2D eigenvalue weighted by Crippen LogP contribution is 2.44. The molecule has 9 nitrogen and oxygen atoms in total. The van der Waals surface area contributed by atoms with Crippen molar-refractivity contribution in [3.8, 4) is 0 Å². The van der Waals surface area contributed by atoms with Crippen molar-refractivity contribution in [2.75, 3.05) is 12.0 Å². The monoisotopic (exact) mass is 580 g/mol. The first-order valence-corrected chi connectivity index (χ1v) is 12.8. The Balaban J connectivity index is 1.75. The number of esters is 1. The lowest BCUT2D eigenvalue weighted by Gasteiger charge is -2.22. The number of aryl methyl sites for hydroxylation is 3. The Kier molecular flexibility index (Phi) is 6.20. The maximum absolute atomic E-state index is 13.5. The molecule has 0 saturated carbocycles. The number of hydrogen-bond donors (Lipinski definition) is 1. The number of rotatable bonds is 4. The average molecular weight is 581 g/mol. The predicted molar refractivity (Wildman–Crippen MR) is 142 cm³/mol. The Labute approximate surface area is 224 Å². The smallest absolute Gasteiger partial charge is 0.350 e. The molecular formula is C26H21BrN4O5S. The summed E-state index contributed by atoms with van der Waals surface area (Å²) in [5.41, 5.74) is 3.19. The van der Waals surface area contributed by atoms with Crippen LogP contribution >= 0.6 is 27.3 Å². The number of carbonyl (C=O) groups excluding carboxylic acids is 3. The van der Waals surface area contributed by atoms with Crippen LogP contribution in [-0.4, -0.2) is 44.2 Å². The lowest BCUT2D eigenvalue weighted by molar-refractivity contribution is -0.132. The van der Waals surface area contributed by atoms with E-state index in [1.165, 1.54) is 12.0 Å². The maximum atomic E-state index is 13.5. The number of aromatic nitrogens is 3. The number of hydrogen-bond acceptors (Lipinski definition) is 8. The largest absolute Gasteiger partial charge is 0.505 e. The number of methoxy groups -OCH3 is 1. The molecule has 1 N–H and O–H groups in total. The summed E-state index contributed by atoms with van der Waals surface area (Å²) in [7, 11) is 1.26. The van der Waals surface area contributed by atoms with Crippen LogP contribution in [0.15, 0.2) is 52.6 Å². The molecule has 3 aromatic heterocycles. The highest BCUT2D eigenvalue weighted by Gasteiger charge is 2.49. The number of ketones is 1. The number of benzene rings is 1. The zero-order chi connectivity index (χ0) is 26.6. The van der Waals surface area contributed by atoms with Gasteiger partial charge in [0.15, 0.2) is 10.9 Å². The number of Topliss-reactive ketones (excluding diaryl/α,β-unsaturated/α-hetero) is 1. The van der Waals surface area contributed by atoms with Crippen LogP contribution in [0.2, 0.25) is 0 Å². The fraction of sp³-hybridized carbons (Fsp3) is 0.192. The van der Waals surface area contributed by atoms with Crippen LogP contribution in [0, 0.1) is 20.8 Å². The number of carbonyl (C=O) groups is 3. The molecule has 0 bridgehead atoms. The number of halogens is 1. The van der Waals surface area contributed by atoms with Gasteiger partial charge in [-0.1, -0.05) is 45.5 Å². The molecular weight excluding hydrogens is 560 g/mol. The first-order valence-electron chi connectivity index (χ1n) is 11.2. The van der Waals surface area contributed by atoms with E-state index in [1.807, 2.05) is 29.7 Å². The number of nitrogens with zero attached hydrogens (tertiary/aromatic N) is 4. The van der Waals surface area contributed by atoms with Gasteiger partial charge >= 0.3 is 11.9 Å². The van der Waals surface area contributed by atoms with Gasteiger partial charge in [0.1, 0.15) is 16.2 Å². The Morgan fingerprint density at radius 2 is 1.81 bits per heavy atom. The molecule has 1 amide bonds. The number of pyridine rings is 1. The third-order valence-electron chi connectivity index (χ3n) is 6.30. The Morgan fingerprint density at radius 1 is 1.11 bits per heavy atom. The summed E-state index contributed by atoms with van der Waals surface area (Å²) < 4.78 is 7.46. The van der Waals surface area contributed by atoms with Crippen molar-refractivity contribution >= 4 is 61.5 Å². The van der Waals surface area contributed by atoms with E-state index < -0.39 is 23.7 Å². The fourth-order valence-corrected chi connectivity index (χ4v) is 5.71. The minimum Gasteiger partial charge on any atom is -0.505 e. The van der Waals surface area contributed by atoms with Crippen LogP contribution in [0.3, 0.4) is 0 Å². The van der Waals surface area contributed by atoms with E-state index in [1.54, 1.807) is 38.1 Å². The van der Waals surface area contributed by atoms with Crippen molar-refractivity contribution in [3.63, 3.8) is 0 Å². The van der Waals surface area contributed by atoms with Crippen LogP contribution in [0.25, 0.3) is 11.4 Å². The summed E-state index contributed by atoms with van der Waals surface area (Å²) in [6.45, 7) is 5.31. The summed E-state index contributed by atoms with van der Waals surface area (Å²) in [6.07, 6.45) is 1.82. The van der Waals surface area contributed by atoms with Crippen molar-refractivity contribution in [1.29, 1.82) is 0 Å². The molecule has 1 unspecified atom stereocenters. The molecule has 4 aromatic rings. The van der Waals surface area contributed by atoms with Gasteiger partial charge in [0.25, 0.3) is 5.78 Å². The molecule has 4 heterocycles. The molecule has 11 heteroatoms. The topological polar surface area (TPSA) is 114 Å². The lowest BCUT2D eigenvalue weighted by atomic mass is 9.96. The van der Waals surface area contributed by atoms with Crippen molar-refractivity contribution in [1.82, 2.24) is 14.4 Å². The Hall–Kier alpha value is -3.83. The van der Waals surface area contributed by atoms with Crippen LogP contribution in [0.4, 0.5) is 5.13 Å². The summed E-state index contributed by atoms with van der Waals surface area (Å²) in [5, 5.41) is 11.7. The first kappa shape index (κ1) is 24.8. The zero-order valence-electron chi connectivity index (χ0n) is 20.3. The molecule has 0 aliphatic carbocycles. The number of fused-ring (bicyclic) bond motifs is 1. The van der Waals surface area contributed by atoms with E-state index >= 15 is 0 Å². The quantitative estimate of drug-likeness (QED) is 0.158. The number of anilines is 1. The number of ether oxygens (including phenoxy) is 1. The van der Waals surface area contributed by atoms with Gasteiger partial charge in [-0.2, -0.15) is 0 Å². The summed E-state index contributed by atoms with van der Waals surface area (Å²) in [5.74, 6) is -2.70. The number of aliphatic hydroxyl groups excluding tert-OH is 1. The van der Waals surface area contributed by atoms with Crippen molar-refractivity contribution in [2.45, 2.75) is 26.8 Å². The lowest BCUT2D eigenvalue weighted by Crippen LogP contribution is -2.29. The molecule has 5 rings (SSSR count). The van der Waals surface area contributed by atoms with Crippen molar-refractivity contribution < 1.29 is 24.2 Å². The number of aliphatic hydroxyl groups is 1. The van der Waals surface area contributed by atoms with Gasteiger partial charge in [0, 0.05) is 10.7 Å². The number of amides is 1. The molecule has 0 spiro atoms. The number of thiazole rings is 1. The third-order valence-corrected chi connectivity index (χ3v) is 7.97.